The number of carbonyl (C=O) groups is 3. The molecule has 0 radical (unpaired) electrons. The van der Waals surface area contributed by atoms with Crippen molar-refractivity contribution in [3.8, 4) is 0 Å². The molecule has 1 aliphatic rings. The summed E-state index contributed by atoms with van der Waals surface area (Å²) in [6.07, 6.45) is 0.0597. The van der Waals surface area contributed by atoms with Gasteiger partial charge in [0.05, 0.1) is 16.7 Å². The molecule has 6 heteroatoms. The van der Waals surface area contributed by atoms with Gasteiger partial charge < -0.3 is 5.11 Å². The first-order valence-corrected chi connectivity index (χ1v) is 7.22. The Bertz CT molecular complexity index is 585. The molecule has 5 nitrogen and oxygen atoms in total. The van der Waals surface area contributed by atoms with E-state index in [2.05, 4.69) is 0 Å². The highest BCUT2D eigenvalue weighted by molar-refractivity contribution is 8.01. The monoisotopic (exact) mass is 293 g/mol. The van der Waals surface area contributed by atoms with Gasteiger partial charge in [-0.15, -0.1) is 11.8 Å². The quantitative estimate of drug-likeness (QED) is 0.856. The number of anilines is 1. The third-order valence-corrected chi connectivity index (χ3v) is 4.30. The van der Waals surface area contributed by atoms with E-state index in [0.29, 0.717) is 5.69 Å². The average molecular weight is 293 g/mol. The van der Waals surface area contributed by atoms with E-state index in [1.165, 1.54) is 4.90 Å². The maximum atomic E-state index is 12.3. The van der Waals surface area contributed by atoms with Gasteiger partial charge in [-0.2, -0.15) is 0 Å². The first kappa shape index (κ1) is 14.6. The van der Waals surface area contributed by atoms with Crippen molar-refractivity contribution >= 4 is 35.2 Å². The van der Waals surface area contributed by atoms with Crippen LogP contribution in [0.15, 0.2) is 18.2 Å². The molecule has 1 aliphatic heterocycles. The van der Waals surface area contributed by atoms with Gasteiger partial charge >= 0.3 is 5.97 Å². The molecule has 1 aromatic rings. The van der Waals surface area contributed by atoms with Crippen molar-refractivity contribution in [3.05, 3.63) is 29.3 Å². The van der Waals surface area contributed by atoms with Crippen molar-refractivity contribution in [1.82, 2.24) is 0 Å². The lowest BCUT2D eigenvalue weighted by molar-refractivity contribution is -0.134. The SMILES string of the molecule is Cc1ccc(C)c(N2C(=O)C[C@H](SCC(=O)O)C2=O)c1. The fourth-order valence-corrected chi connectivity index (χ4v) is 2.97. The Morgan fingerprint density at radius 2 is 2.10 bits per heavy atom. The van der Waals surface area contributed by atoms with Crippen LogP contribution in [0.25, 0.3) is 0 Å². The average Bonchev–Trinajstić information content (AvgIpc) is 2.65. The predicted molar refractivity (Wildman–Crippen MR) is 76.9 cm³/mol. The molecule has 1 fully saturated rings. The number of carboxylic acid groups (broad SMARTS) is 1. The minimum absolute atomic E-state index is 0.0597. The topological polar surface area (TPSA) is 74.7 Å². The van der Waals surface area contributed by atoms with Gasteiger partial charge in [0.15, 0.2) is 0 Å². The molecule has 0 spiro atoms. The number of carboxylic acids is 1. The molecule has 1 aromatic carbocycles. The van der Waals surface area contributed by atoms with E-state index in [1.807, 2.05) is 26.0 Å². The van der Waals surface area contributed by atoms with Gasteiger partial charge in [0.1, 0.15) is 0 Å². The van der Waals surface area contributed by atoms with Gasteiger partial charge in [0, 0.05) is 6.42 Å². The molecule has 1 N–H and O–H groups in total. The van der Waals surface area contributed by atoms with Gasteiger partial charge in [-0.25, -0.2) is 4.90 Å². The maximum absolute atomic E-state index is 12.3. The van der Waals surface area contributed by atoms with E-state index in [0.717, 1.165) is 22.9 Å². The number of nitrogens with zero attached hydrogens (tertiary/aromatic N) is 1. The molecule has 106 valence electrons. The molecule has 2 rings (SSSR count). The van der Waals surface area contributed by atoms with E-state index < -0.39 is 11.2 Å². The molecule has 20 heavy (non-hydrogen) atoms. The smallest absolute Gasteiger partial charge is 0.313 e. The molecule has 0 aliphatic carbocycles. The van der Waals surface area contributed by atoms with Crippen LogP contribution in [0.1, 0.15) is 17.5 Å². The van der Waals surface area contributed by atoms with Gasteiger partial charge in [-0.3, -0.25) is 14.4 Å². The highest BCUT2D eigenvalue weighted by Crippen LogP contribution is 2.31. The van der Waals surface area contributed by atoms with Crippen LogP contribution in [0.5, 0.6) is 0 Å². The second-order valence-corrected chi connectivity index (χ2v) is 5.95. The van der Waals surface area contributed by atoms with E-state index >= 15 is 0 Å². The maximum Gasteiger partial charge on any atom is 0.313 e. The van der Waals surface area contributed by atoms with Crippen molar-refractivity contribution in [2.75, 3.05) is 10.7 Å². The van der Waals surface area contributed by atoms with Crippen molar-refractivity contribution < 1.29 is 19.5 Å². The lowest BCUT2D eigenvalue weighted by Crippen LogP contribution is -2.32. The Morgan fingerprint density at radius 1 is 1.40 bits per heavy atom. The fraction of sp³-hybridized carbons (Fsp3) is 0.357. The fourth-order valence-electron chi connectivity index (χ4n) is 2.12. The normalized spacial score (nSPS) is 18.7. The van der Waals surface area contributed by atoms with E-state index in [-0.39, 0.29) is 24.0 Å². The molecule has 1 heterocycles. The number of amides is 2. The number of imide groups is 1. The zero-order chi connectivity index (χ0) is 14.9. The van der Waals surface area contributed by atoms with Crippen LogP contribution in [-0.2, 0) is 14.4 Å². The van der Waals surface area contributed by atoms with Crippen LogP contribution >= 0.6 is 11.8 Å². The molecular weight excluding hydrogens is 278 g/mol. The second kappa shape index (κ2) is 5.66. The van der Waals surface area contributed by atoms with Gasteiger partial charge in [0.2, 0.25) is 11.8 Å². The number of benzene rings is 1. The molecule has 0 saturated carbocycles. The number of thioether (sulfide) groups is 1. The first-order valence-electron chi connectivity index (χ1n) is 6.17. The van der Waals surface area contributed by atoms with Crippen molar-refractivity contribution in [2.24, 2.45) is 0 Å². The van der Waals surface area contributed by atoms with Crippen molar-refractivity contribution in [1.29, 1.82) is 0 Å². The Morgan fingerprint density at radius 3 is 2.75 bits per heavy atom. The van der Waals surface area contributed by atoms with Gasteiger partial charge in [-0.1, -0.05) is 12.1 Å². The largest absolute Gasteiger partial charge is 0.481 e. The number of hydrogen-bond donors (Lipinski definition) is 1. The summed E-state index contributed by atoms with van der Waals surface area (Å²) in [4.78, 5) is 36.1. The summed E-state index contributed by atoms with van der Waals surface area (Å²) in [6.45, 7) is 3.73. The minimum Gasteiger partial charge on any atom is -0.481 e. The van der Waals surface area contributed by atoms with Crippen LogP contribution in [0.2, 0.25) is 0 Å². The lowest BCUT2D eigenvalue weighted by Gasteiger charge is -2.17. The summed E-state index contributed by atoms with van der Waals surface area (Å²) in [5.74, 6) is -1.76. The summed E-state index contributed by atoms with van der Waals surface area (Å²) in [5.41, 5.74) is 2.41. The third-order valence-electron chi connectivity index (χ3n) is 3.12. The standard InChI is InChI=1S/C14H15NO4S/c1-8-3-4-9(2)10(5-8)15-12(16)6-11(14(15)19)20-7-13(17)18/h3-5,11H,6-7H2,1-2H3,(H,17,18)/t11-/m0/s1. The summed E-state index contributed by atoms with van der Waals surface area (Å²) in [7, 11) is 0. The molecular formula is C14H15NO4S. The Hall–Kier alpha value is -1.82. The zero-order valence-corrected chi connectivity index (χ0v) is 12.1. The summed E-state index contributed by atoms with van der Waals surface area (Å²) in [5, 5.41) is 8.06. The van der Waals surface area contributed by atoms with Gasteiger partial charge in [0.25, 0.3) is 0 Å². The van der Waals surface area contributed by atoms with E-state index in [4.69, 9.17) is 5.11 Å². The van der Waals surface area contributed by atoms with Crippen LogP contribution < -0.4 is 4.90 Å². The third kappa shape index (κ3) is 2.85. The second-order valence-electron chi connectivity index (χ2n) is 4.75. The molecule has 0 unspecified atom stereocenters. The highest BCUT2D eigenvalue weighted by atomic mass is 32.2. The van der Waals surface area contributed by atoms with Crippen LogP contribution in [0, 0.1) is 13.8 Å². The zero-order valence-electron chi connectivity index (χ0n) is 11.3. The summed E-state index contributed by atoms with van der Waals surface area (Å²) in [6, 6.07) is 5.58. The molecule has 1 saturated heterocycles. The van der Waals surface area contributed by atoms with E-state index in [9.17, 15) is 14.4 Å². The molecule has 1 atom stereocenters. The van der Waals surface area contributed by atoms with Crippen molar-refractivity contribution in [2.45, 2.75) is 25.5 Å². The van der Waals surface area contributed by atoms with Crippen LogP contribution in [0.3, 0.4) is 0 Å². The van der Waals surface area contributed by atoms with Crippen LogP contribution in [0.4, 0.5) is 5.69 Å². The Balaban J connectivity index is 2.24. The lowest BCUT2D eigenvalue weighted by atomic mass is 10.1. The number of aryl methyl sites for hydroxylation is 2. The minimum atomic E-state index is -0.986. The van der Waals surface area contributed by atoms with Crippen molar-refractivity contribution in [3.63, 3.8) is 0 Å². The number of rotatable bonds is 4. The Labute approximate surface area is 121 Å². The Kier molecular flexibility index (Phi) is 4.13. The predicted octanol–water partition coefficient (Wildman–Crippen LogP) is 1.75. The van der Waals surface area contributed by atoms with Gasteiger partial charge in [-0.05, 0) is 31.0 Å². The molecule has 0 bridgehead atoms. The molecule has 2 amide bonds. The first-order chi connectivity index (χ1) is 9.40. The van der Waals surface area contributed by atoms with Crippen LogP contribution in [-0.4, -0.2) is 33.9 Å². The number of hydrogen-bond acceptors (Lipinski definition) is 4. The number of carbonyl (C=O) groups excluding carboxylic acids is 2. The highest BCUT2D eigenvalue weighted by Gasteiger charge is 2.40. The summed E-state index contributed by atoms with van der Waals surface area (Å²) >= 11 is 1.00. The van der Waals surface area contributed by atoms with E-state index in [1.54, 1.807) is 6.07 Å². The summed E-state index contributed by atoms with van der Waals surface area (Å²) < 4.78 is 0. The molecule has 0 aromatic heterocycles. The number of aliphatic carboxylic acids is 1.